The Kier molecular flexibility index (Phi) is 8.37. The molecule has 0 aliphatic carbocycles. The predicted octanol–water partition coefficient (Wildman–Crippen LogP) is 3.94. The van der Waals surface area contributed by atoms with Gasteiger partial charge in [0, 0.05) is 12.8 Å². The molecule has 25 heavy (non-hydrogen) atoms. The van der Waals surface area contributed by atoms with E-state index in [2.05, 4.69) is 9.47 Å². The zero-order valence-electron chi connectivity index (χ0n) is 12.4. The third-order valence-corrected chi connectivity index (χ3v) is 3.06. The van der Waals surface area contributed by atoms with Crippen molar-refractivity contribution >= 4 is 35.1 Å². The van der Waals surface area contributed by atoms with Crippen LogP contribution in [-0.2, 0) is 25.7 Å². The highest BCUT2D eigenvalue weighted by atomic mass is 35.5. The van der Waals surface area contributed by atoms with Crippen molar-refractivity contribution in [3.05, 3.63) is 34.6 Å². The number of rotatable bonds is 8. The number of hydrogen-bond acceptors (Lipinski definition) is 4. The van der Waals surface area contributed by atoms with Crippen molar-refractivity contribution < 1.29 is 41.0 Å². The monoisotopic (exact) mass is 408 g/mol. The molecule has 0 N–H and O–H groups in total. The summed E-state index contributed by atoms with van der Waals surface area (Å²) < 4.78 is 74.6. The highest BCUT2D eigenvalue weighted by Gasteiger charge is 2.26. The molecule has 0 unspecified atom stereocenters. The fourth-order valence-electron chi connectivity index (χ4n) is 1.61. The van der Waals surface area contributed by atoms with Crippen LogP contribution in [0.2, 0.25) is 0 Å². The summed E-state index contributed by atoms with van der Waals surface area (Å²) in [5.74, 6) is -12.4. The summed E-state index contributed by atoms with van der Waals surface area (Å²) in [6.45, 7) is -1.37. The van der Waals surface area contributed by atoms with Gasteiger partial charge < -0.3 is 9.47 Å². The van der Waals surface area contributed by atoms with Gasteiger partial charge in [0.05, 0.1) is 5.56 Å². The Morgan fingerprint density at radius 3 is 1.72 bits per heavy atom. The summed E-state index contributed by atoms with van der Waals surface area (Å²) in [5, 5.41) is 0. The zero-order chi connectivity index (χ0) is 19.1. The van der Waals surface area contributed by atoms with Crippen molar-refractivity contribution in [2.75, 3.05) is 6.61 Å². The van der Waals surface area contributed by atoms with Crippen molar-refractivity contribution in [2.45, 2.75) is 30.7 Å². The molecule has 1 rings (SSSR count). The SMILES string of the molecule is O=C(CCCC(=O)OCC(Cl)Cl)OCc1c(F)c(F)c(F)c(F)c1F. The number of benzene rings is 1. The topological polar surface area (TPSA) is 52.6 Å². The van der Waals surface area contributed by atoms with Crippen LogP contribution in [0.5, 0.6) is 0 Å². The second kappa shape index (κ2) is 9.76. The lowest BCUT2D eigenvalue weighted by atomic mass is 10.2. The number of halogens is 7. The Bertz CT molecular complexity index is 626. The molecule has 0 spiro atoms. The van der Waals surface area contributed by atoms with E-state index in [1.54, 1.807) is 0 Å². The van der Waals surface area contributed by atoms with Gasteiger partial charge in [-0.15, -0.1) is 23.2 Å². The van der Waals surface area contributed by atoms with Crippen LogP contribution in [-0.4, -0.2) is 23.4 Å². The molecule has 0 aliphatic heterocycles. The van der Waals surface area contributed by atoms with Crippen LogP contribution in [0.25, 0.3) is 0 Å². The lowest BCUT2D eigenvalue weighted by Gasteiger charge is -2.09. The molecular weight excluding hydrogens is 398 g/mol. The molecule has 0 aromatic heterocycles. The van der Waals surface area contributed by atoms with E-state index >= 15 is 0 Å². The molecule has 11 heteroatoms. The Morgan fingerprint density at radius 1 is 0.800 bits per heavy atom. The third-order valence-electron chi connectivity index (χ3n) is 2.81. The van der Waals surface area contributed by atoms with Crippen LogP contribution in [0.1, 0.15) is 24.8 Å². The van der Waals surface area contributed by atoms with Crippen molar-refractivity contribution in [2.24, 2.45) is 0 Å². The van der Waals surface area contributed by atoms with Crippen LogP contribution in [0.4, 0.5) is 22.0 Å². The number of carbonyl (C=O) groups excluding carboxylic acids is 2. The molecule has 1 aromatic carbocycles. The van der Waals surface area contributed by atoms with Crippen LogP contribution in [0.15, 0.2) is 0 Å². The standard InChI is InChI=1S/C14H11Cl2F5O4/c15-7(16)5-25-9(23)3-1-2-8(22)24-4-6-10(17)12(19)14(21)13(20)11(6)18/h7H,1-5H2. The first-order valence-electron chi connectivity index (χ1n) is 6.74. The zero-order valence-corrected chi connectivity index (χ0v) is 13.9. The molecule has 1 aromatic rings. The lowest BCUT2D eigenvalue weighted by molar-refractivity contribution is -0.146. The van der Waals surface area contributed by atoms with Gasteiger partial charge in [0.25, 0.3) is 0 Å². The first-order chi connectivity index (χ1) is 11.6. The molecule has 0 heterocycles. The number of esters is 2. The third kappa shape index (κ3) is 6.32. The molecule has 0 atom stereocenters. The largest absolute Gasteiger partial charge is 0.463 e. The quantitative estimate of drug-likeness (QED) is 0.215. The minimum atomic E-state index is -2.31. The molecule has 0 aliphatic rings. The van der Waals surface area contributed by atoms with Crippen LogP contribution in [0.3, 0.4) is 0 Å². The molecule has 4 nitrogen and oxygen atoms in total. The van der Waals surface area contributed by atoms with Gasteiger partial charge in [-0.05, 0) is 6.42 Å². The molecular formula is C14H11Cl2F5O4. The minimum absolute atomic E-state index is 0.0238. The summed E-state index contributed by atoms with van der Waals surface area (Å²) in [6, 6.07) is 0. The minimum Gasteiger partial charge on any atom is -0.463 e. The number of alkyl halides is 2. The second-order valence-electron chi connectivity index (χ2n) is 4.64. The van der Waals surface area contributed by atoms with Crippen molar-refractivity contribution in [3.8, 4) is 0 Å². The van der Waals surface area contributed by atoms with Crippen LogP contribution < -0.4 is 0 Å². The normalized spacial score (nSPS) is 10.9. The van der Waals surface area contributed by atoms with Crippen molar-refractivity contribution in [1.82, 2.24) is 0 Å². The highest BCUT2D eigenvalue weighted by molar-refractivity contribution is 6.44. The average molecular weight is 409 g/mol. The number of hydrogen-bond donors (Lipinski definition) is 0. The Labute approximate surface area is 148 Å². The fraction of sp³-hybridized carbons (Fsp3) is 0.429. The molecule has 0 fully saturated rings. The molecule has 0 bridgehead atoms. The van der Waals surface area contributed by atoms with Crippen LogP contribution >= 0.6 is 23.2 Å². The van der Waals surface area contributed by atoms with Gasteiger partial charge in [0.1, 0.15) is 18.1 Å². The molecule has 0 amide bonds. The average Bonchev–Trinajstić information content (AvgIpc) is 2.56. The van der Waals surface area contributed by atoms with E-state index in [1.165, 1.54) is 0 Å². The molecule has 140 valence electrons. The van der Waals surface area contributed by atoms with Gasteiger partial charge in [0.15, 0.2) is 23.3 Å². The summed E-state index contributed by atoms with van der Waals surface area (Å²) >= 11 is 10.7. The fourth-order valence-corrected chi connectivity index (χ4v) is 1.73. The van der Waals surface area contributed by atoms with E-state index in [0.29, 0.717) is 0 Å². The summed E-state index contributed by atoms with van der Waals surface area (Å²) in [4.78, 5) is 21.7. The molecule has 0 radical (unpaired) electrons. The maximum absolute atomic E-state index is 13.4. The van der Waals surface area contributed by atoms with Crippen LogP contribution in [0, 0.1) is 29.1 Å². The Morgan fingerprint density at radius 2 is 1.24 bits per heavy atom. The van der Waals surface area contributed by atoms with Gasteiger partial charge in [0.2, 0.25) is 5.82 Å². The van der Waals surface area contributed by atoms with E-state index in [4.69, 9.17) is 23.2 Å². The van der Waals surface area contributed by atoms with E-state index in [-0.39, 0.29) is 25.9 Å². The predicted molar refractivity (Wildman–Crippen MR) is 76.3 cm³/mol. The highest BCUT2D eigenvalue weighted by Crippen LogP contribution is 2.23. The van der Waals surface area contributed by atoms with E-state index < -0.39 is 58.0 Å². The Hall–Kier alpha value is -1.61. The van der Waals surface area contributed by atoms with E-state index in [9.17, 15) is 31.5 Å². The maximum atomic E-state index is 13.4. The summed E-state index contributed by atoms with van der Waals surface area (Å²) in [6.07, 6.45) is -0.544. The second-order valence-corrected chi connectivity index (χ2v) is 5.91. The van der Waals surface area contributed by atoms with Gasteiger partial charge in [-0.1, -0.05) is 0 Å². The number of carbonyl (C=O) groups is 2. The van der Waals surface area contributed by atoms with Gasteiger partial charge in [-0.25, -0.2) is 22.0 Å². The molecule has 0 saturated carbocycles. The van der Waals surface area contributed by atoms with Gasteiger partial charge in [-0.3, -0.25) is 9.59 Å². The first kappa shape index (κ1) is 21.4. The van der Waals surface area contributed by atoms with E-state index in [0.717, 1.165) is 0 Å². The summed E-state index contributed by atoms with van der Waals surface area (Å²) in [7, 11) is 0. The summed E-state index contributed by atoms with van der Waals surface area (Å²) in [5.41, 5.74) is -1.26. The first-order valence-corrected chi connectivity index (χ1v) is 7.62. The van der Waals surface area contributed by atoms with Gasteiger partial charge >= 0.3 is 11.9 Å². The van der Waals surface area contributed by atoms with E-state index in [1.807, 2.05) is 0 Å². The van der Waals surface area contributed by atoms with Crippen molar-refractivity contribution in [1.29, 1.82) is 0 Å². The van der Waals surface area contributed by atoms with Crippen molar-refractivity contribution in [3.63, 3.8) is 0 Å². The number of ether oxygens (including phenoxy) is 2. The molecule has 0 saturated heterocycles. The Balaban J connectivity index is 2.49. The maximum Gasteiger partial charge on any atom is 0.306 e. The van der Waals surface area contributed by atoms with Gasteiger partial charge in [-0.2, -0.15) is 0 Å². The lowest BCUT2D eigenvalue weighted by Crippen LogP contribution is -2.13. The smallest absolute Gasteiger partial charge is 0.306 e.